The van der Waals surface area contributed by atoms with Gasteiger partial charge in [-0.15, -0.1) is 0 Å². The molecule has 152 valence electrons. The molecule has 1 saturated carbocycles. The third kappa shape index (κ3) is 5.12. The third-order valence-corrected chi connectivity index (χ3v) is 6.31. The van der Waals surface area contributed by atoms with Crippen molar-refractivity contribution in [1.29, 1.82) is 0 Å². The minimum Gasteiger partial charge on any atom is -0.394 e. The summed E-state index contributed by atoms with van der Waals surface area (Å²) in [5, 5.41) is 9.48. The molecule has 1 aromatic carbocycles. The van der Waals surface area contributed by atoms with E-state index in [9.17, 15) is 9.90 Å². The maximum Gasteiger partial charge on any atom is 0.179 e. The zero-order valence-corrected chi connectivity index (χ0v) is 17.3. The van der Waals surface area contributed by atoms with E-state index in [4.69, 9.17) is 5.73 Å². The van der Waals surface area contributed by atoms with Crippen LogP contribution in [0.5, 0.6) is 0 Å². The summed E-state index contributed by atoms with van der Waals surface area (Å²) in [4.78, 5) is 12.6. The van der Waals surface area contributed by atoms with E-state index < -0.39 is 5.54 Å². The fraction of sp³-hybridized carbons (Fsp3) is 0.542. The second-order valence-corrected chi connectivity index (χ2v) is 8.44. The van der Waals surface area contributed by atoms with Crippen LogP contribution in [0.3, 0.4) is 0 Å². The first-order chi connectivity index (χ1) is 13.5. The van der Waals surface area contributed by atoms with Crippen LogP contribution in [0.2, 0.25) is 0 Å². The number of benzene rings is 1. The highest BCUT2D eigenvalue weighted by molar-refractivity contribution is 5.94. The van der Waals surface area contributed by atoms with Crippen molar-refractivity contribution in [2.75, 3.05) is 6.61 Å². The van der Waals surface area contributed by atoms with Crippen LogP contribution in [0, 0.1) is 0 Å². The molecule has 3 N–H and O–H groups in total. The van der Waals surface area contributed by atoms with Crippen LogP contribution >= 0.6 is 0 Å². The summed E-state index contributed by atoms with van der Waals surface area (Å²) >= 11 is 0. The second kappa shape index (κ2) is 9.06. The molecule has 0 bridgehead atoms. The molecule has 4 heteroatoms. The number of carbonyl (C=O) groups is 1. The van der Waals surface area contributed by atoms with Crippen LogP contribution in [-0.4, -0.2) is 27.6 Å². The summed E-state index contributed by atoms with van der Waals surface area (Å²) in [6.07, 6.45) is 7.25. The number of aliphatic hydroxyl groups is 1. The van der Waals surface area contributed by atoms with Gasteiger partial charge in [0, 0.05) is 24.7 Å². The Labute approximate surface area is 168 Å². The summed E-state index contributed by atoms with van der Waals surface area (Å²) in [5.41, 5.74) is 10.3. The molecule has 0 aliphatic heterocycles. The molecular formula is C24H34N2O2. The van der Waals surface area contributed by atoms with Gasteiger partial charge in [0.1, 0.15) is 0 Å². The van der Waals surface area contributed by atoms with E-state index in [2.05, 4.69) is 24.3 Å². The van der Waals surface area contributed by atoms with Gasteiger partial charge in [-0.2, -0.15) is 0 Å². The standard InChI is InChI=1S/C24H34N2O2/c1-3-24(25,17-27)16-15-21-13-14-22(26(21)2)23(28)6-4-5-18-7-9-19(10-8-18)20-11-12-20/h7-10,13-14,20,27H,3-6,11-12,15-17,25H2,1-2H3. The van der Waals surface area contributed by atoms with Crippen LogP contribution in [-0.2, 0) is 19.9 Å². The van der Waals surface area contributed by atoms with Crippen LogP contribution in [0.15, 0.2) is 36.4 Å². The predicted molar refractivity (Wildman–Crippen MR) is 114 cm³/mol. The van der Waals surface area contributed by atoms with Gasteiger partial charge in [-0.05, 0) is 74.1 Å². The van der Waals surface area contributed by atoms with Crippen molar-refractivity contribution in [1.82, 2.24) is 4.57 Å². The first-order valence-electron chi connectivity index (χ1n) is 10.6. The molecule has 1 atom stereocenters. The minimum atomic E-state index is -0.538. The molecular weight excluding hydrogens is 348 g/mol. The van der Waals surface area contributed by atoms with Crippen molar-refractivity contribution in [2.24, 2.45) is 12.8 Å². The Morgan fingerprint density at radius 1 is 1.18 bits per heavy atom. The SMILES string of the molecule is CCC(N)(CO)CCc1ccc(C(=O)CCCc2ccc(C3CC3)cc2)n1C. The van der Waals surface area contributed by atoms with Gasteiger partial charge in [-0.3, -0.25) is 4.79 Å². The van der Waals surface area contributed by atoms with E-state index in [1.165, 1.54) is 24.0 Å². The Balaban J connectivity index is 1.49. The number of nitrogens with zero attached hydrogens (tertiary/aromatic N) is 1. The Hall–Kier alpha value is -1.91. The molecule has 0 radical (unpaired) electrons. The molecule has 4 nitrogen and oxygen atoms in total. The highest BCUT2D eigenvalue weighted by Gasteiger charge is 2.23. The number of ketones is 1. The molecule has 0 amide bonds. The van der Waals surface area contributed by atoms with E-state index in [-0.39, 0.29) is 12.4 Å². The van der Waals surface area contributed by atoms with Crippen LogP contribution in [0.4, 0.5) is 0 Å². The van der Waals surface area contributed by atoms with E-state index in [1.807, 2.05) is 30.7 Å². The average molecular weight is 383 g/mol. The Morgan fingerprint density at radius 3 is 2.50 bits per heavy atom. The van der Waals surface area contributed by atoms with Crippen LogP contribution in [0.25, 0.3) is 0 Å². The third-order valence-electron chi connectivity index (χ3n) is 6.31. The van der Waals surface area contributed by atoms with Gasteiger partial charge in [0.2, 0.25) is 0 Å². The summed E-state index contributed by atoms with van der Waals surface area (Å²) in [6, 6.07) is 12.9. The minimum absolute atomic E-state index is 0.0126. The lowest BCUT2D eigenvalue weighted by Crippen LogP contribution is -2.43. The molecule has 1 unspecified atom stereocenters. The van der Waals surface area contributed by atoms with Crippen LogP contribution < -0.4 is 5.73 Å². The van der Waals surface area contributed by atoms with Crippen molar-refractivity contribution >= 4 is 5.78 Å². The second-order valence-electron chi connectivity index (χ2n) is 8.44. The van der Waals surface area contributed by atoms with Gasteiger partial charge in [-0.25, -0.2) is 0 Å². The summed E-state index contributed by atoms with van der Waals surface area (Å²) in [7, 11) is 1.95. The fourth-order valence-electron chi connectivity index (χ4n) is 3.78. The van der Waals surface area contributed by atoms with Gasteiger partial charge in [0.25, 0.3) is 0 Å². The molecule has 28 heavy (non-hydrogen) atoms. The number of rotatable bonds is 11. The zero-order chi connectivity index (χ0) is 20.1. The van der Waals surface area contributed by atoms with Gasteiger partial charge in [0.05, 0.1) is 12.3 Å². The Morgan fingerprint density at radius 2 is 1.89 bits per heavy atom. The average Bonchev–Trinajstić information content (AvgIpc) is 3.50. The molecule has 0 saturated heterocycles. The lowest BCUT2D eigenvalue weighted by molar-refractivity contribution is 0.0972. The highest BCUT2D eigenvalue weighted by atomic mass is 16.3. The topological polar surface area (TPSA) is 68.2 Å². The maximum absolute atomic E-state index is 12.6. The fourth-order valence-corrected chi connectivity index (χ4v) is 3.78. The van der Waals surface area contributed by atoms with Crippen molar-refractivity contribution in [3.05, 3.63) is 58.9 Å². The van der Waals surface area contributed by atoms with E-state index >= 15 is 0 Å². The molecule has 1 aliphatic carbocycles. The summed E-state index contributed by atoms with van der Waals surface area (Å²) in [5.74, 6) is 0.987. The van der Waals surface area contributed by atoms with E-state index in [1.54, 1.807) is 0 Å². The molecule has 1 aromatic heterocycles. The summed E-state index contributed by atoms with van der Waals surface area (Å²) < 4.78 is 1.99. The lowest BCUT2D eigenvalue weighted by atomic mass is 9.92. The van der Waals surface area contributed by atoms with Gasteiger partial charge >= 0.3 is 0 Å². The smallest absolute Gasteiger partial charge is 0.179 e. The van der Waals surface area contributed by atoms with Crippen molar-refractivity contribution in [3.63, 3.8) is 0 Å². The number of Topliss-reactive ketones (excluding diaryl/α,β-unsaturated/α-hetero) is 1. The first-order valence-corrected chi connectivity index (χ1v) is 10.6. The normalized spacial score (nSPS) is 16.1. The zero-order valence-electron chi connectivity index (χ0n) is 17.3. The van der Waals surface area contributed by atoms with Gasteiger partial charge in [-0.1, -0.05) is 31.2 Å². The number of aryl methyl sites for hydroxylation is 2. The van der Waals surface area contributed by atoms with Crippen molar-refractivity contribution in [2.45, 2.75) is 69.7 Å². The molecule has 1 fully saturated rings. The number of nitrogens with two attached hydrogens (primary N) is 1. The number of aromatic nitrogens is 1. The molecule has 3 rings (SSSR count). The van der Waals surface area contributed by atoms with Crippen molar-refractivity contribution < 1.29 is 9.90 Å². The Bertz CT molecular complexity index is 783. The summed E-state index contributed by atoms with van der Waals surface area (Å²) in [6.45, 7) is 1.98. The number of aliphatic hydroxyl groups excluding tert-OH is 1. The highest BCUT2D eigenvalue weighted by Crippen LogP contribution is 2.39. The largest absolute Gasteiger partial charge is 0.394 e. The van der Waals surface area contributed by atoms with Crippen LogP contribution in [0.1, 0.15) is 78.7 Å². The van der Waals surface area contributed by atoms with E-state index in [0.717, 1.165) is 43.0 Å². The number of carbonyl (C=O) groups excluding carboxylic acids is 1. The van der Waals surface area contributed by atoms with Crippen molar-refractivity contribution in [3.8, 4) is 0 Å². The lowest BCUT2D eigenvalue weighted by Gasteiger charge is -2.25. The van der Waals surface area contributed by atoms with Gasteiger partial charge < -0.3 is 15.4 Å². The molecule has 2 aromatic rings. The first kappa shape index (κ1) is 20.8. The number of hydrogen-bond acceptors (Lipinski definition) is 3. The molecule has 1 heterocycles. The quantitative estimate of drug-likeness (QED) is 0.574. The molecule has 1 aliphatic rings. The number of hydrogen-bond donors (Lipinski definition) is 2. The monoisotopic (exact) mass is 382 g/mol. The predicted octanol–water partition coefficient (Wildman–Crippen LogP) is 4.14. The van der Waals surface area contributed by atoms with E-state index in [0.29, 0.717) is 12.8 Å². The maximum atomic E-state index is 12.6. The molecule has 0 spiro atoms. The van der Waals surface area contributed by atoms with Gasteiger partial charge in [0.15, 0.2) is 5.78 Å². The Kier molecular flexibility index (Phi) is 6.73.